The molecule has 3 aromatic rings. The fraction of sp³-hybridized carbons (Fsp3) is 0.250. The zero-order valence-electron chi connectivity index (χ0n) is 12.3. The van der Waals surface area contributed by atoms with Gasteiger partial charge in [0.05, 0.1) is 16.6 Å². The highest BCUT2D eigenvalue weighted by Gasteiger charge is 2.28. The average molecular weight is 365 g/mol. The summed E-state index contributed by atoms with van der Waals surface area (Å²) < 4.78 is 16.8. The minimum atomic E-state index is -0.902. The standard InChI is InChI=1S/C16H13BrO5/c1-4-20-16(19)13(18)11-9-5-7(2)22-15(9)12(17)10-6-8(3)21-14(10)11/h5-6H,4H2,1-3H3. The van der Waals surface area contributed by atoms with E-state index in [2.05, 4.69) is 15.9 Å². The molecule has 5 nitrogen and oxygen atoms in total. The van der Waals surface area contributed by atoms with Crippen molar-refractivity contribution < 1.29 is 23.2 Å². The third-order valence-corrected chi connectivity index (χ3v) is 4.12. The van der Waals surface area contributed by atoms with E-state index in [1.165, 1.54) is 0 Å². The number of furan rings is 2. The Morgan fingerprint density at radius 1 is 1.09 bits per heavy atom. The quantitative estimate of drug-likeness (QED) is 0.393. The monoisotopic (exact) mass is 364 g/mol. The molecule has 0 atom stereocenters. The Kier molecular flexibility index (Phi) is 3.56. The summed E-state index contributed by atoms with van der Waals surface area (Å²) in [4.78, 5) is 24.4. The number of ether oxygens (including phenoxy) is 1. The average Bonchev–Trinajstić information content (AvgIpc) is 3.02. The minimum absolute atomic E-state index is 0.134. The van der Waals surface area contributed by atoms with Gasteiger partial charge in [0.2, 0.25) is 0 Å². The van der Waals surface area contributed by atoms with Gasteiger partial charge in [-0.1, -0.05) is 0 Å². The summed E-state index contributed by atoms with van der Waals surface area (Å²) in [6, 6.07) is 3.50. The van der Waals surface area contributed by atoms with Crippen LogP contribution in [0, 0.1) is 13.8 Å². The van der Waals surface area contributed by atoms with Crippen molar-refractivity contribution in [1.29, 1.82) is 0 Å². The molecule has 0 bridgehead atoms. The molecule has 0 unspecified atom stereocenters. The Balaban J connectivity index is 2.40. The lowest BCUT2D eigenvalue weighted by Crippen LogP contribution is -2.18. The SMILES string of the molecule is CCOC(=O)C(=O)c1c2cc(C)oc2c(Br)c2cc(C)oc12. The van der Waals surface area contributed by atoms with Crippen LogP contribution in [-0.2, 0) is 9.53 Å². The number of hydrogen-bond acceptors (Lipinski definition) is 5. The lowest BCUT2D eigenvalue weighted by atomic mass is 10.0. The van der Waals surface area contributed by atoms with E-state index >= 15 is 0 Å². The fourth-order valence-electron chi connectivity index (χ4n) is 2.49. The first-order valence-corrected chi connectivity index (χ1v) is 7.56. The lowest BCUT2D eigenvalue weighted by Gasteiger charge is -2.05. The number of carbonyl (C=O) groups is 2. The molecule has 114 valence electrons. The van der Waals surface area contributed by atoms with Crippen molar-refractivity contribution in [1.82, 2.24) is 0 Å². The van der Waals surface area contributed by atoms with Gasteiger partial charge in [0.15, 0.2) is 0 Å². The smallest absolute Gasteiger partial charge is 0.379 e. The van der Waals surface area contributed by atoms with Crippen molar-refractivity contribution in [2.75, 3.05) is 6.61 Å². The van der Waals surface area contributed by atoms with Gasteiger partial charge in [-0.15, -0.1) is 0 Å². The molecule has 2 aromatic heterocycles. The summed E-state index contributed by atoms with van der Waals surface area (Å²) in [5.74, 6) is -0.365. The number of fused-ring (bicyclic) bond motifs is 2. The van der Waals surface area contributed by atoms with E-state index < -0.39 is 11.8 Å². The molecule has 0 spiro atoms. The van der Waals surface area contributed by atoms with Crippen LogP contribution in [0.4, 0.5) is 0 Å². The van der Waals surface area contributed by atoms with E-state index in [4.69, 9.17) is 13.6 Å². The van der Waals surface area contributed by atoms with E-state index in [1.807, 2.05) is 0 Å². The van der Waals surface area contributed by atoms with E-state index in [1.54, 1.807) is 32.9 Å². The summed E-state index contributed by atoms with van der Waals surface area (Å²) in [6.45, 7) is 5.34. The number of aryl methyl sites for hydroxylation is 2. The molecule has 0 fully saturated rings. The summed E-state index contributed by atoms with van der Waals surface area (Å²) in [5, 5.41) is 1.22. The number of rotatable bonds is 3. The second kappa shape index (κ2) is 5.28. The van der Waals surface area contributed by atoms with Gasteiger partial charge in [0.25, 0.3) is 5.78 Å². The van der Waals surface area contributed by atoms with Crippen molar-refractivity contribution in [3.8, 4) is 0 Å². The summed E-state index contributed by atoms with van der Waals surface area (Å²) in [6.07, 6.45) is 0. The maximum Gasteiger partial charge on any atom is 0.379 e. The highest BCUT2D eigenvalue weighted by molar-refractivity contribution is 9.10. The van der Waals surface area contributed by atoms with Crippen LogP contribution in [0.25, 0.3) is 21.9 Å². The molecule has 0 radical (unpaired) electrons. The van der Waals surface area contributed by atoms with Crippen molar-refractivity contribution in [3.05, 3.63) is 33.7 Å². The molecular formula is C16H13BrO5. The van der Waals surface area contributed by atoms with E-state index in [0.29, 0.717) is 37.9 Å². The van der Waals surface area contributed by atoms with Crippen LogP contribution < -0.4 is 0 Å². The van der Waals surface area contributed by atoms with Crippen molar-refractivity contribution in [2.45, 2.75) is 20.8 Å². The molecule has 0 N–H and O–H groups in total. The third-order valence-electron chi connectivity index (χ3n) is 3.33. The van der Waals surface area contributed by atoms with Gasteiger partial charge in [-0.3, -0.25) is 4.79 Å². The predicted octanol–water partition coefficient (Wildman–Crippen LogP) is 4.30. The van der Waals surface area contributed by atoms with Crippen LogP contribution in [-0.4, -0.2) is 18.4 Å². The molecule has 0 aliphatic carbocycles. The molecule has 3 rings (SSSR count). The van der Waals surface area contributed by atoms with Crippen LogP contribution in [0.1, 0.15) is 28.8 Å². The molecule has 6 heteroatoms. The van der Waals surface area contributed by atoms with E-state index in [-0.39, 0.29) is 12.2 Å². The number of esters is 1. The maximum atomic E-state index is 12.5. The molecule has 0 saturated heterocycles. The van der Waals surface area contributed by atoms with Crippen molar-refractivity contribution >= 4 is 49.6 Å². The van der Waals surface area contributed by atoms with Gasteiger partial charge in [-0.05, 0) is 48.8 Å². The topological polar surface area (TPSA) is 69.7 Å². The highest BCUT2D eigenvalue weighted by atomic mass is 79.9. The molecule has 0 aliphatic heterocycles. The molecule has 0 aliphatic rings. The molecular weight excluding hydrogens is 352 g/mol. The van der Waals surface area contributed by atoms with Gasteiger partial charge in [-0.2, -0.15) is 0 Å². The van der Waals surface area contributed by atoms with Crippen LogP contribution in [0.2, 0.25) is 0 Å². The third kappa shape index (κ3) is 2.14. The molecule has 1 aromatic carbocycles. The van der Waals surface area contributed by atoms with Gasteiger partial charge in [0.1, 0.15) is 22.7 Å². The number of halogens is 1. The Hall–Kier alpha value is -2.08. The van der Waals surface area contributed by atoms with Crippen LogP contribution >= 0.6 is 15.9 Å². The Morgan fingerprint density at radius 3 is 2.32 bits per heavy atom. The fourth-order valence-corrected chi connectivity index (χ4v) is 3.08. The first kappa shape index (κ1) is 14.8. The van der Waals surface area contributed by atoms with Crippen LogP contribution in [0.3, 0.4) is 0 Å². The van der Waals surface area contributed by atoms with Crippen LogP contribution in [0.15, 0.2) is 25.4 Å². The second-order valence-electron chi connectivity index (χ2n) is 4.94. The maximum absolute atomic E-state index is 12.5. The Labute approximate surface area is 134 Å². The molecule has 0 amide bonds. The van der Waals surface area contributed by atoms with Crippen molar-refractivity contribution in [2.24, 2.45) is 0 Å². The first-order chi connectivity index (χ1) is 10.4. The molecule has 2 heterocycles. The zero-order chi connectivity index (χ0) is 16.0. The normalized spacial score (nSPS) is 11.3. The minimum Gasteiger partial charge on any atom is -0.461 e. The number of carbonyl (C=O) groups excluding carboxylic acids is 2. The molecule has 0 saturated carbocycles. The van der Waals surface area contributed by atoms with E-state index in [9.17, 15) is 9.59 Å². The summed E-state index contributed by atoms with van der Waals surface area (Å²) >= 11 is 3.48. The Bertz CT molecular complexity index is 858. The zero-order valence-corrected chi connectivity index (χ0v) is 13.9. The number of Topliss-reactive ketones (excluding diaryl/α,β-unsaturated/α-hetero) is 1. The number of benzene rings is 1. The lowest BCUT2D eigenvalue weighted by molar-refractivity contribution is -0.137. The highest BCUT2D eigenvalue weighted by Crippen LogP contribution is 2.39. The van der Waals surface area contributed by atoms with Gasteiger partial charge in [0, 0.05) is 10.8 Å². The second-order valence-corrected chi connectivity index (χ2v) is 5.73. The summed E-state index contributed by atoms with van der Waals surface area (Å²) in [7, 11) is 0. The summed E-state index contributed by atoms with van der Waals surface area (Å²) in [5.41, 5.74) is 1.05. The van der Waals surface area contributed by atoms with Crippen molar-refractivity contribution in [3.63, 3.8) is 0 Å². The first-order valence-electron chi connectivity index (χ1n) is 6.77. The van der Waals surface area contributed by atoms with Gasteiger partial charge in [-0.25, -0.2) is 4.79 Å². The largest absolute Gasteiger partial charge is 0.461 e. The van der Waals surface area contributed by atoms with Gasteiger partial charge < -0.3 is 13.6 Å². The molecule has 22 heavy (non-hydrogen) atoms. The van der Waals surface area contributed by atoms with E-state index in [0.717, 1.165) is 0 Å². The number of ketones is 1. The predicted molar refractivity (Wildman–Crippen MR) is 84.1 cm³/mol. The van der Waals surface area contributed by atoms with Gasteiger partial charge >= 0.3 is 5.97 Å². The Morgan fingerprint density at radius 2 is 1.68 bits per heavy atom. The van der Waals surface area contributed by atoms with Crippen LogP contribution in [0.5, 0.6) is 0 Å². The number of hydrogen-bond donors (Lipinski definition) is 0.